The molecule has 0 spiro atoms. The van der Waals surface area contributed by atoms with Crippen molar-refractivity contribution in [1.29, 1.82) is 0 Å². The first kappa shape index (κ1) is 8.34. The van der Waals surface area contributed by atoms with Crippen LogP contribution >= 0.6 is 11.6 Å². The lowest BCUT2D eigenvalue weighted by atomic mass is 10.2. The molecule has 0 aliphatic heterocycles. The number of carbonyl (C=O) groups is 1. The van der Waals surface area contributed by atoms with Crippen molar-refractivity contribution >= 4 is 17.4 Å². The summed E-state index contributed by atoms with van der Waals surface area (Å²) < 4.78 is 5.09. The van der Waals surface area contributed by atoms with Gasteiger partial charge in [0.2, 0.25) is 0 Å². The van der Waals surface area contributed by atoms with Gasteiger partial charge in [-0.1, -0.05) is 0 Å². The molecule has 0 unspecified atom stereocenters. The van der Waals surface area contributed by atoms with Crippen molar-refractivity contribution in [2.75, 3.05) is 5.88 Å². The monoisotopic (exact) mass is 172 g/mol. The molecule has 60 valence electrons. The van der Waals surface area contributed by atoms with Gasteiger partial charge >= 0.3 is 0 Å². The number of rotatable bonds is 3. The van der Waals surface area contributed by atoms with Crippen LogP contribution in [0.5, 0.6) is 0 Å². The van der Waals surface area contributed by atoms with Gasteiger partial charge in [-0.2, -0.15) is 0 Å². The molecule has 2 nitrogen and oxygen atoms in total. The van der Waals surface area contributed by atoms with Gasteiger partial charge in [0.05, 0.1) is 0 Å². The summed E-state index contributed by atoms with van der Waals surface area (Å²) in [4.78, 5) is 11.1. The van der Waals surface area contributed by atoms with Gasteiger partial charge in [0, 0.05) is 12.3 Å². The predicted molar refractivity (Wildman–Crippen MR) is 43.1 cm³/mol. The fraction of sp³-hybridized carbons (Fsp3) is 0.375. The van der Waals surface area contributed by atoms with Crippen LogP contribution < -0.4 is 0 Å². The first-order valence-electron chi connectivity index (χ1n) is 3.39. The molecule has 0 aliphatic rings. The van der Waals surface area contributed by atoms with Gasteiger partial charge in [-0.25, -0.2) is 0 Å². The van der Waals surface area contributed by atoms with E-state index < -0.39 is 0 Å². The molecule has 0 fully saturated rings. The van der Waals surface area contributed by atoms with E-state index in [0.29, 0.717) is 18.1 Å². The van der Waals surface area contributed by atoms with E-state index in [1.165, 1.54) is 0 Å². The number of alkyl halides is 1. The number of hydrogen-bond donors (Lipinski definition) is 0. The summed E-state index contributed by atoms with van der Waals surface area (Å²) in [5.74, 6) is 1.47. The summed E-state index contributed by atoms with van der Waals surface area (Å²) >= 11 is 5.39. The highest BCUT2D eigenvalue weighted by molar-refractivity contribution is 6.19. The van der Waals surface area contributed by atoms with Gasteiger partial charge in [0.25, 0.3) is 0 Å². The number of ketones is 1. The average molecular weight is 173 g/mol. The highest BCUT2D eigenvalue weighted by atomic mass is 35.5. The summed E-state index contributed by atoms with van der Waals surface area (Å²) in [6, 6.07) is 3.44. The number of furan rings is 1. The summed E-state index contributed by atoms with van der Waals surface area (Å²) in [5.41, 5.74) is 0. The lowest BCUT2D eigenvalue weighted by molar-refractivity contribution is 0.0961. The van der Waals surface area contributed by atoms with Crippen LogP contribution in [0.15, 0.2) is 16.5 Å². The molecule has 1 rings (SSSR count). The standard InChI is InChI=1S/C8H9ClO2/c1-6-2-3-8(11-6)7(10)4-5-9/h2-3H,4-5H2,1H3. The molecule has 0 aromatic carbocycles. The lowest BCUT2D eigenvalue weighted by Gasteiger charge is -1.90. The van der Waals surface area contributed by atoms with E-state index in [1.54, 1.807) is 19.1 Å². The Morgan fingerprint density at radius 1 is 1.64 bits per heavy atom. The van der Waals surface area contributed by atoms with Crippen molar-refractivity contribution in [2.45, 2.75) is 13.3 Å². The zero-order chi connectivity index (χ0) is 8.27. The van der Waals surface area contributed by atoms with Crippen molar-refractivity contribution in [3.8, 4) is 0 Å². The molecule has 0 aliphatic carbocycles. The Kier molecular flexibility index (Phi) is 2.71. The Bertz CT molecular complexity index is 252. The Hall–Kier alpha value is -0.760. The fourth-order valence-corrected chi connectivity index (χ4v) is 0.965. The lowest BCUT2D eigenvalue weighted by Crippen LogP contribution is -1.96. The molecule has 0 atom stereocenters. The van der Waals surface area contributed by atoms with E-state index in [9.17, 15) is 4.79 Å². The molecule has 0 bridgehead atoms. The molecular formula is C8H9ClO2. The summed E-state index contributed by atoms with van der Waals surface area (Å²) in [7, 11) is 0. The molecule has 11 heavy (non-hydrogen) atoms. The van der Waals surface area contributed by atoms with Crippen LogP contribution in [-0.2, 0) is 0 Å². The quantitative estimate of drug-likeness (QED) is 0.518. The Morgan fingerprint density at radius 3 is 2.82 bits per heavy atom. The van der Waals surface area contributed by atoms with E-state index in [2.05, 4.69) is 0 Å². The molecule has 1 aromatic heterocycles. The molecular weight excluding hydrogens is 164 g/mol. The third-order valence-corrected chi connectivity index (χ3v) is 1.53. The van der Waals surface area contributed by atoms with Crippen LogP contribution in [0.2, 0.25) is 0 Å². The molecule has 1 aromatic rings. The molecule has 0 N–H and O–H groups in total. The van der Waals surface area contributed by atoms with Gasteiger partial charge in [0.1, 0.15) is 5.76 Å². The summed E-state index contributed by atoms with van der Waals surface area (Å²) in [6.45, 7) is 1.80. The number of aryl methyl sites for hydroxylation is 1. The third-order valence-electron chi connectivity index (χ3n) is 1.34. The van der Waals surface area contributed by atoms with Crippen LogP contribution in [0.1, 0.15) is 22.7 Å². The second-order valence-electron chi connectivity index (χ2n) is 2.27. The fourth-order valence-electron chi connectivity index (χ4n) is 0.793. The normalized spacial score (nSPS) is 10.0. The highest BCUT2D eigenvalue weighted by Crippen LogP contribution is 2.08. The minimum Gasteiger partial charge on any atom is -0.458 e. The van der Waals surface area contributed by atoms with Gasteiger partial charge in [-0.3, -0.25) is 4.79 Å². The highest BCUT2D eigenvalue weighted by Gasteiger charge is 2.07. The molecule has 0 radical (unpaired) electrons. The van der Waals surface area contributed by atoms with Crippen molar-refractivity contribution in [2.24, 2.45) is 0 Å². The van der Waals surface area contributed by atoms with Crippen LogP contribution in [0.25, 0.3) is 0 Å². The SMILES string of the molecule is Cc1ccc(C(=O)CCCl)o1. The van der Waals surface area contributed by atoms with Crippen molar-refractivity contribution < 1.29 is 9.21 Å². The topological polar surface area (TPSA) is 30.2 Å². The largest absolute Gasteiger partial charge is 0.458 e. The second kappa shape index (κ2) is 3.58. The minimum absolute atomic E-state index is 0.0342. The van der Waals surface area contributed by atoms with Crippen LogP contribution in [-0.4, -0.2) is 11.7 Å². The number of halogens is 1. The summed E-state index contributed by atoms with van der Waals surface area (Å²) in [5, 5.41) is 0. The Morgan fingerprint density at radius 2 is 2.36 bits per heavy atom. The number of Topliss-reactive ketones (excluding diaryl/α,β-unsaturated/α-hetero) is 1. The third kappa shape index (κ3) is 2.09. The number of carbonyl (C=O) groups excluding carboxylic acids is 1. The zero-order valence-electron chi connectivity index (χ0n) is 6.26. The second-order valence-corrected chi connectivity index (χ2v) is 2.65. The van der Waals surface area contributed by atoms with E-state index in [1.807, 2.05) is 0 Å². The maximum absolute atomic E-state index is 11.1. The van der Waals surface area contributed by atoms with E-state index in [0.717, 1.165) is 5.76 Å². The maximum atomic E-state index is 11.1. The van der Waals surface area contributed by atoms with Gasteiger partial charge in [-0.15, -0.1) is 11.6 Å². The summed E-state index contributed by atoms with van der Waals surface area (Å²) in [6.07, 6.45) is 0.342. The Balaban J connectivity index is 2.69. The smallest absolute Gasteiger partial charge is 0.199 e. The van der Waals surface area contributed by atoms with Gasteiger partial charge in [0.15, 0.2) is 11.5 Å². The first-order chi connectivity index (χ1) is 5.24. The van der Waals surface area contributed by atoms with Gasteiger partial charge < -0.3 is 4.42 Å². The Labute approximate surface area is 70.2 Å². The van der Waals surface area contributed by atoms with Crippen molar-refractivity contribution in [3.05, 3.63) is 23.7 Å². The van der Waals surface area contributed by atoms with Gasteiger partial charge in [-0.05, 0) is 19.1 Å². The van der Waals surface area contributed by atoms with Crippen LogP contribution in [0.4, 0.5) is 0 Å². The number of hydrogen-bond acceptors (Lipinski definition) is 2. The van der Waals surface area contributed by atoms with E-state index in [-0.39, 0.29) is 5.78 Å². The van der Waals surface area contributed by atoms with E-state index >= 15 is 0 Å². The van der Waals surface area contributed by atoms with Crippen LogP contribution in [0, 0.1) is 6.92 Å². The average Bonchev–Trinajstić information content (AvgIpc) is 2.36. The van der Waals surface area contributed by atoms with Crippen LogP contribution in [0.3, 0.4) is 0 Å². The predicted octanol–water partition coefficient (Wildman–Crippen LogP) is 2.40. The zero-order valence-corrected chi connectivity index (χ0v) is 7.02. The molecule has 1 heterocycles. The molecule has 0 saturated heterocycles. The maximum Gasteiger partial charge on any atom is 0.199 e. The molecule has 0 amide bonds. The van der Waals surface area contributed by atoms with Crippen molar-refractivity contribution in [3.63, 3.8) is 0 Å². The molecule has 0 saturated carbocycles. The molecule has 3 heteroatoms. The van der Waals surface area contributed by atoms with E-state index in [4.69, 9.17) is 16.0 Å². The van der Waals surface area contributed by atoms with Crippen molar-refractivity contribution in [1.82, 2.24) is 0 Å². The minimum atomic E-state index is -0.0342. The first-order valence-corrected chi connectivity index (χ1v) is 3.93.